The lowest BCUT2D eigenvalue weighted by Crippen LogP contribution is -2.44. The Morgan fingerprint density at radius 1 is 1.44 bits per heavy atom. The molecule has 98 valence electrons. The highest BCUT2D eigenvalue weighted by atomic mass is 35.5. The number of carbonyl (C=O) groups excluding carboxylic acids is 1. The molecule has 0 saturated carbocycles. The van der Waals surface area contributed by atoms with Crippen LogP contribution in [-0.4, -0.2) is 43.5 Å². The summed E-state index contributed by atoms with van der Waals surface area (Å²) in [5.74, 6) is 0.0246. The second-order valence-corrected chi connectivity index (χ2v) is 5.28. The molecule has 1 unspecified atom stereocenters. The quantitative estimate of drug-likeness (QED) is 0.855. The van der Waals surface area contributed by atoms with Gasteiger partial charge in [-0.2, -0.15) is 0 Å². The summed E-state index contributed by atoms with van der Waals surface area (Å²) in [6.07, 6.45) is -0.159. The summed E-state index contributed by atoms with van der Waals surface area (Å²) in [7, 11) is 1.98. The lowest BCUT2D eigenvalue weighted by atomic mass is 10.0. The number of benzene rings is 1. The molecule has 0 aromatic heterocycles. The van der Waals surface area contributed by atoms with Gasteiger partial charge in [0.2, 0.25) is 0 Å². The normalized spacial score (nSPS) is 20.9. The van der Waals surface area contributed by atoms with E-state index in [1.54, 1.807) is 18.2 Å². The van der Waals surface area contributed by atoms with E-state index in [4.69, 9.17) is 27.9 Å². The van der Waals surface area contributed by atoms with Crippen molar-refractivity contribution in [2.24, 2.45) is 0 Å². The van der Waals surface area contributed by atoms with E-state index in [-0.39, 0.29) is 18.3 Å². The van der Waals surface area contributed by atoms with Gasteiger partial charge in [0.05, 0.1) is 6.61 Å². The molecule has 0 amide bonds. The van der Waals surface area contributed by atoms with E-state index in [0.29, 0.717) is 28.8 Å². The van der Waals surface area contributed by atoms with Crippen molar-refractivity contribution in [2.45, 2.75) is 12.5 Å². The van der Waals surface area contributed by atoms with Crippen molar-refractivity contribution in [1.82, 2.24) is 4.90 Å². The minimum Gasteiger partial charge on any atom is -0.368 e. The van der Waals surface area contributed by atoms with Gasteiger partial charge in [-0.1, -0.05) is 29.3 Å². The lowest BCUT2D eigenvalue weighted by molar-refractivity contribution is -0.134. The number of Topliss-reactive ketones (excluding diaryl/α,β-unsaturated/α-hetero) is 1. The Balaban J connectivity index is 2.07. The van der Waals surface area contributed by atoms with Crippen LogP contribution in [-0.2, 0) is 16.0 Å². The van der Waals surface area contributed by atoms with E-state index in [9.17, 15) is 4.79 Å². The van der Waals surface area contributed by atoms with Gasteiger partial charge in [-0.05, 0) is 24.7 Å². The predicted molar refractivity (Wildman–Crippen MR) is 72.4 cm³/mol. The summed E-state index contributed by atoms with van der Waals surface area (Å²) in [6.45, 7) is 2.07. The van der Waals surface area contributed by atoms with Gasteiger partial charge in [-0.3, -0.25) is 4.79 Å². The Kier molecular flexibility index (Phi) is 4.62. The number of hydrogen-bond acceptors (Lipinski definition) is 3. The average Bonchev–Trinajstić information content (AvgIpc) is 2.34. The van der Waals surface area contributed by atoms with Crippen molar-refractivity contribution in [2.75, 3.05) is 26.7 Å². The molecule has 2 rings (SSSR count). The highest BCUT2D eigenvalue weighted by molar-refractivity contribution is 6.36. The van der Waals surface area contributed by atoms with Crippen LogP contribution in [0.3, 0.4) is 0 Å². The molecular formula is C13H15Cl2NO2. The maximum atomic E-state index is 12.1. The highest BCUT2D eigenvalue weighted by Crippen LogP contribution is 2.25. The first kappa shape index (κ1) is 13.8. The zero-order chi connectivity index (χ0) is 13.1. The number of hydrogen-bond donors (Lipinski definition) is 0. The molecule has 1 aromatic rings. The van der Waals surface area contributed by atoms with Crippen LogP contribution < -0.4 is 0 Å². The third kappa shape index (κ3) is 3.23. The Labute approximate surface area is 117 Å². The van der Waals surface area contributed by atoms with Crippen LogP contribution in [0.15, 0.2) is 18.2 Å². The third-order valence-electron chi connectivity index (χ3n) is 3.04. The Morgan fingerprint density at radius 3 is 2.72 bits per heavy atom. The molecule has 0 aliphatic carbocycles. The highest BCUT2D eigenvalue weighted by Gasteiger charge is 2.25. The smallest absolute Gasteiger partial charge is 0.167 e. The fraction of sp³-hybridized carbons (Fsp3) is 0.462. The van der Waals surface area contributed by atoms with Gasteiger partial charge < -0.3 is 9.64 Å². The van der Waals surface area contributed by atoms with Crippen molar-refractivity contribution in [3.05, 3.63) is 33.8 Å². The standard InChI is InChI=1S/C13H15Cl2NO2/c1-16-5-6-18-13(8-16)12(17)7-9-10(14)3-2-4-11(9)15/h2-4,13H,5-8H2,1H3. The Bertz CT molecular complexity index is 430. The van der Waals surface area contributed by atoms with Crippen LogP contribution >= 0.6 is 23.2 Å². The molecule has 1 aliphatic rings. The van der Waals surface area contributed by atoms with Crippen molar-refractivity contribution in [3.63, 3.8) is 0 Å². The van der Waals surface area contributed by atoms with E-state index in [2.05, 4.69) is 4.90 Å². The SMILES string of the molecule is CN1CCOC(C(=O)Cc2c(Cl)cccc2Cl)C1. The molecule has 1 fully saturated rings. The molecule has 1 aromatic carbocycles. The third-order valence-corrected chi connectivity index (χ3v) is 3.75. The van der Waals surface area contributed by atoms with Gasteiger partial charge >= 0.3 is 0 Å². The summed E-state index contributed by atoms with van der Waals surface area (Å²) < 4.78 is 5.48. The van der Waals surface area contributed by atoms with Crippen LogP contribution in [0, 0.1) is 0 Å². The molecule has 1 heterocycles. The number of halogens is 2. The van der Waals surface area contributed by atoms with Crippen molar-refractivity contribution >= 4 is 29.0 Å². The zero-order valence-corrected chi connectivity index (χ0v) is 11.7. The van der Waals surface area contributed by atoms with Crippen LogP contribution in [0.5, 0.6) is 0 Å². The van der Waals surface area contributed by atoms with Crippen LogP contribution in [0.4, 0.5) is 0 Å². The van der Waals surface area contributed by atoms with Crippen molar-refractivity contribution < 1.29 is 9.53 Å². The molecule has 1 atom stereocenters. The number of ether oxygens (including phenoxy) is 1. The second kappa shape index (κ2) is 6.02. The molecule has 18 heavy (non-hydrogen) atoms. The molecule has 1 saturated heterocycles. The molecule has 3 nitrogen and oxygen atoms in total. The molecular weight excluding hydrogens is 273 g/mol. The van der Waals surface area contributed by atoms with E-state index in [1.165, 1.54) is 0 Å². The summed E-state index contributed by atoms with van der Waals surface area (Å²) in [5, 5.41) is 1.06. The summed E-state index contributed by atoms with van der Waals surface area (Å²) in [5.41, 5.74) is 0.683. The van der Waals surface area contributed by atoms with Gasteiger partial charge in [-0.15, -0.1) is 0 Å². The first-order chi connectivity index (χ1) is 8.58. The molecule has 0 spiro atoms. The van der Waals surface area contributed by atoms with E-state index in [1.807, 2.05) is 7.05 Å². The fourth-order valence-electron chi connectivity index (χ4n) is 1.96. The first-order valence-electron chi connectivity index (χ1n) is 5.83. The summed E-state index contributed by atoms with van der Waals surface area (Å²) in [4.78, 5) is 14.2. The summed E-state index contributed by atoms with van der Waals surface area (Å²) >= 11 is 12.1. The maximum Gasteiger partial charge on any atom is 0.167 e. The van der Waals surface area contributed by atoms with Crippen LogP contribution in [0.1, 0.15) is 5.56 Å². The number of carbonyl (C=O) groups is 1. The summed E-state index contributed by atoms with van der Waals surface area (Å²) in [6, 6.07) is 5.25. The van der Waals surface area contributed by atoms with E-state index < -0.39 is 0 Å². The lowest BCUT2D eigenvalue weighted by Gasteiger charge is -2.29. The topological polar surface area (TPSA) is 29.5 Å². The molecule has 0 N–H and O–H groups in total. The van der Waals surface area contributed by atoms with Crippen LogP contribution in [0.2, 0.25) is 10.0 Å². The molecule has 0 bridgehead atoms. The minimum absolute atomic E-state index is 0.0246. The van der Waals surface area contributed by atoms with Gasteiger partial charge in [-0.25, -0.2) is 0 Å². The van der Waals surface area contributed by atoms with E-state index >= 15 is 0 Å². The number of rotatable bonds is 3. The van der Waals surface area contributed by atoms with Crippen LogP contribution in [0.25, 0.3) is 0 Å². The largest absolute Gasteiger partial charge is 0.368 e. The van der Waals surface area contributed by atoms with Gasteiger partial charge in [0, 0.05) is 29.6 Å². The maximum absolute atomic E-state index is 12.1. The van der Waals surface area contributed by atoms with Gasteiger partial charge in [0.1, 0.15) is 6.10 Å². The Morgan fingerprint density at radius 2 is 2.11 bits per heavy atom. The number of ketones is 1. The zero-order valence-electron chi connectivity index (χ0n) is 10.2. The molecule has 1 aliphatic heterocycles. The molecule has 5 heteroatoms. The predicted octanol–water partition coefficient (Wildman–Crippen LogP) is 2.44. The fourth-order valence-corrected chi connectivity index (χ4v) is 2.49. The van der Waals surface area contributed by atoms with E-state index in [0.717, 1.165) is 6.54 Å². The first-order valence-corrected chi connectivity index (χ1v) is 6.59. The monoisotopic (exact) mass is 287 g/mol. The van der Waals surface area contributed by atoms with Crippen molar-refractivity contribution in [3.8, 4) is 0 Å². The van der Waals surface area contributed by atoms with Gasteiger partial charge in [0.25, 0.3) is 0 Å². The van der Waals surface area contributed by atoms with Crippen molar-refractivity contribution in [1.29, 1.82) is 0 Å². The number of morpholine rings is 1. The number of likely N-dealkylation sites (N-methyl/N-ethyl adjacent to an activating group) is 1. The molecule has 0 radical (unpaired) electrons. The van der Waals surface area contributed by atoms with Gasteiger partial charge in [0.15, 0.2) is 5.78 Å². The Hall–Kier alpha value is -0.610. The average molecular weight is 288 g/mol. The number of nitrogens with zero attached hydrogens (tertiary/aromatic N) is 1. The second-order valence-electron chi connectivity index (χ2n) is 4.46. The minimum atomic E-state index is -0.379.